The van der Waals surface area contributed by atoms with Crippen LogP contribution in [0, 0.1) is 6.92 Å². The van der Waals surface area contributed by atoms with Gasteiger partial charge in [-0.1, -0.05) is 12.1 Å². The summed E-state index contributed by atoms with van der Waals surface area (Å²) >= 11 is 1.22. The zero-order valence-electron chi connectivity index (χ0n) is 10.6. The van der Waals surface area contributed by atoms with Gasteiger partial charge >= 0.3 is 0 Å². The van der Waals surface area contributed by atoms with E-state index in [1.165, 1.54) is 11.3 Å². The normalized spacial score (nSPS) is 13.2. The fourth-order valence-corrected chi connectivity index (χ4v) is 3.67. The Balaban J connectivity index is 2.26. The number of rotatable bonds is 4. The number of hydrogen-bond donors (Lipinski definition) is 2. The Kier molecular flexibility index (Phi) is 3.88. The van der Waals surface area contributed by atoms with E-state index in [-0.39, 0.29) is 10.9 Å². The number of nitrogens with one attached hydrogen (secondary N) is 1. The number of nitrogens with two attached hydrogens (primary N) is 1. The van der Waals surface area contributed by atoms with Gasteiger partial charge in [-0.25, -0.2) is 13.4 Å². The lowest BCUT2D eigenvalue weighted by Gasteiger charge is -2.05. The highest BCUT2D eigenvalue weighted by Gasteiger charge is 2.16. The SMILES string of the molecule is Cc1cccc(S(=O)(=O)Nc2nc(C(C)N)cs2)c1. The number of hydrogen-bond acceptors (Lipinski definition) is 5. The molecule has 7 heteroatoms. The van der Waals surface area contributed by atoms with Crippen LogP contribution in [0.4, 0.5) is 5.13 Å². The van der Waals surface area contributed by atoms with E-state index in [1.54, 1.807) is 30.5 Å². The molecule has 0 saturated carbocycles. The van der Waals surface area contributed by atoms with Gasteiger partial charge in [0.25, 0.3) is 10.0 Å². The first-order valence-electron chi connectivity index (χ1n) is 5.69. The molecule has 5 nitrogen and oxygen atoms in total. The maximum Gasteiger partial charge on any atom is 0.263 e. The molecule has 2 aromatic rings. The van der Waals surface area contributed by atoms with Crippen molar-refractivity contribution in [2.45, 2.75) is 24.8 Å². The van der Waals surface area contributed by atoms with Crippen molar-refractivity contribution < 1.29 is 8.42 Å². The Morgan fingerprint density at radius 2 is 2.16 bits per heavy atom. The lowest BCUT2D eigenvalue weighted by molar-refractivity contribution is 0.601. The number of sulfonamides is 1. The van der Waals surface area contributed by atoms with Gasteiger partial charge in [-0.2, -0.15) is 0 Å². The first kappa shape index (κ1) is 14.0. The largest absolute Gasteiger partial charge is 0.323 e. The Bertz CT molecular complexity index is 678. The summed E-state index contributed by atoms with van der Waals surface area (Å²) in [6.45, 7) is 3.64. The Labute approximate surface area is 116 Å². The van der Waals surface area contributed by atoms with Gasteiger partial charge in [0.1, 0.15) is 0 Å². The van der Waals surface area contributed by atoms with E-state index < -0.39 is 10.0 Å². The summed E-state index contributed by atoms with van der Waals surface area (Å²) in [4.78, 5) is 4.37. The average molecular weight is 297 g/mol. The highest BCUT2D eigenvalue weighted by Crippen LogP contribution is 2.22. The van der Waals surface area contributed by atoms with Crippen LogP contribution in [0.15, 0.2) is 34.5 Å². The smallest absolute Gasteiger partial charge is 0.263 e. The van der Waals surface area contributed by atoms with Gasteiger partial charge in [0.2, 0.25) is 0 Å². The third kappa shape index (κ3) is 3.31. The number of nitrogens with zero attached hydrogens (tertiary/aromatic N) is 1. The zero-order valence-corrected chi connectivity index (χ0v) is 12.3. The third-order valence-corrected chi connectivity index (χ3v) is 4.75. The highest BCUT2D eigenvalue weighted by atomic mass is 32.2. The van der Waals surface area contributed by atoms with E-state index in [0.29, 0.717) is 10.8 Å². The quantitative estimate of drug-likeness (QED) is 0.906. The molecule has 0 aliphatic rings. The van der Waals surface area contributed by atoms with E-state index in [0.717, 1.165) is 5.56 Å². The van der Waals surface area contributed by atoms with Gasteiger partial charge in [0, 0.05) is 11.4 Å². The average Bonchev–Trinajstić information content (AvgIpc) is 2.77. The van der Waals surface area contributed by atoms with Crippen LogP contribution in [0.2, 0.25) is 0 Å². The maximum absolute atomic E-state index is 12.2. The molecule has 2 rings (SSSR count). The van der Waals surface area contributed by atoms with Crippen LogP contribution in [0.3, 0.4) is 0 Å². The van der Waals surface area contributed by atoms with E-state index in [2.05, 4.69) is 9.71 Å². The summed E-state index contributed by atoms with van der Waals surface area (Å²) in [5, 5.41) is 2.08. The summed E-state index contributed by atoms with van der Waals surface area (Å²) in [5.41, 5.74) is 7.25. The van der Waals surface area contributed by atoms with Gasteiger partial charge in [-0.05, 0) is 31.5 Å². The van der Waals surface area contributed by atoms with Crippen molar-refractivity contribution in [2.75, 3.05) is 4.72 Å². The molecule has 1 heterocycles. The molecule has 1 unspecified atom stereocenters. The molecule has 0 radical (unpaired) electrons. The molecule has 1 aromatic carbocycles. The van der Waals surface area contributed by atoms with Gasteiger partial charge in [0.15, 0.2) is 5.13 Å². The van der Waals surface area contributed by atoms with Crippen LogP contribution in [0.5, 0.6) is 0 Å². The molecule has 1 aromatic heterocycles. The minimum absolute atomic E-state index is 0.214. The molecule has 0 amide bonds. The molecule has 0 aliphatic heterocycles. The van der Waals surface area contributed by atoms with Gasteiger partial charge in [-0.15, -0.1) is 11.3 Å². The summed E-state index contributed by atoms with van der Waals surface area (Å²) in [6, 6.07) is 6.50. The van der Waals surface area contributed by atoms with E-state index in [9.17, 15) is 8.42 Å². The minimum atomic E-state index is -3.59. The summed E-state index contributed by atoms with van der Waals surface area (Å²) < 4.78 is 26.8. The van der Waals surface area contributed by atoms with Crippen LogP contribution < -0.4 is 10.5 Å². The summed E-state index contributed by atoms with van der Waals surface area (Å²) in [6.07, 6.45) is 0. The fourth-order valence-electron chi connectivity index (χ4n) is 1.50. The predicted molar refractivity (Wildman–Crippen MR) is 76.7 cm³/mol. The predicted octanol–water partition coefficient (Wildman–Crippen LogP) is 2.27. The van der Waals surface area contributed by atoms with Crippen molar-refractivity contribution in [1.29, 1.82) is 0 Å². The molecule has 0 fully saturated rings. The molecule has 0 bridgehead atoms. The maximum atomic E-state index is 12.2. The molecule has 0 aliphatic carbocycles. The Hall–Kier alpha value is -1.44. The third-order valence-electron chi connectivity index (χ3n) is 2.51. The lowest BCUT2D eigenvalue weighted by Crippen LogP contribution is -2.13. The number of thiazole rings is 1. The summed E-state index contributed by atoms with van der Waals surface area (Å²) in [7, 11) is -3.59. The van der Waals surface area contributed by atoms with E-state index in [1.807, 2.05) is 13.0 Å². The monoisotopic (exact) mass is 297 g/mol. The standard InChI is InChI=1S/C12H15N3O2S2/c1-8-4-3-5-10(6-8)19(16,17)15-12-14-11(7-18-12)9(2)13/h3-7,9H,13H2,1-2H3,(H,14,15). The summed E-state index contributed by atoms with van der Waals surface area (Å²) in [5.74, 6) is 0. The highest BCUT2D eigenvalue weighted by molar-refractivity contribution is 7.93. The molecule has 0 saturated heterocycles. The molecule has 102 valence electrons. The zero-order chi connectivity index (χ0) is 14.0. The van der Waals surface area contributed by atoms with Crippen molar-refractivity contribution in [3.63, 3.8) is 0 Å². The van der Waals surface area contributed by atoms with Crippen molar-refractivity contribution in [1.82, 2.24) is 4.98 Å². The fraction of sp³-hybridized carbons (Fsp3) is 0.250. The topological polar surface area (TPSA) is 85.1 Å². The van der Waals surface area contributed by atoms with Crippen molar-refractivity contribution in [3.8, 4) is 0 Å². The minimum Gasteiger partial charge on any atom is -0.323 e. The molecule has 3 N–H and O–H groups in total. The van der Waals surface area contributed by atoms with Gasteiger partial charge < -0.3 is 5.73 Å². The number of aromatic nitrogens is 1. The van der Waals surface area contributed by atoms with Crippen LogP contribution in [0.25, 0.3) is 0 Å². The van der Waals surface area contributed by atoms with Crippen LogP contribution in [0.1, 0.15) is 24.2 Å². The second-order valence-electron chi connectivity index (χ2n) is 4.29. The second kappa shape index (κ2) is 5.28. The number of anilines is 1. The lowest BCUT2D eigenvalue weighted by atomic mass is 10.2. The van der Waals surface area contributed by atoms with E-state index in [4.69, 9.17) is 5.73 Å². The van der Waals surface area contributed by atoms with Crippen LogP contribution >= 0.6 is 11.3 Å². The first-order valence-corrected chi connectivity index (χ1v) is 8.05. The second-order valence-corrected chi connectivity index (χ2v) is 6.83. The molecule has 0 spiro atoms. The Morgan fingerprint density at radius 1 is 1.42 bits per heavy atom. The molecule has 1 atom stereocenters. The van der Waals surface area contributed by atoms with Crippen LogP contribution in [-0.2, 0) is 10.0 Å². The molecular formula is C12H15N3O2S2. The Morgan fingerprint density at radius 3 is 2.74 bits per heavy atom. The molecule has 19 heavy (non-hydrogen) atoms. The van der Waals surface area contributed by atoms with Crippen molar-refractivity contribution in [2.24, 2.45) is 5.73 Å². The number of benzene rings is 1. The van der Waals surface area contributed by atoms with Crippen molar-refractivity contribution >= 4 is 26.5 Å². The van der Waals surface area contributed by atoms with Crippen molar-refractivity contribution in [3.05, 3.63) is 40.9 Å². The first-order chi connectivity index (χ1) is 8.88. The van der Waals surface area contributed by atoms with Gasteiger partial charge in [-0.3, -0.25) is 4.72 Å². The van der Waals surface area contributed by atoms with E-state index >= 15 is 0 Å². The van der Waals surface area contributed by atoms with Gasteiger partial charge in [0.05, 0.1) is 10.6 Å². The number of aryl methyl sites for hydroxylation is 1. The molecular weight excluding hydrogens is 282 g/mol. The van der Waals surface area contributed by atoms with Crippen LogP contribution in [-0.4, -0.2) is 13.4 Å².